The van der Waals surface area contributed by atoms with Crippen molar-refractivity contribution in [3.05, 3.63) is 41.3 Å². The van der Waals surface area contributed by atoms with Crippen LogP contribution in [0.25, 0.3) is 11.4 Å². The number of alkyl halides is 3. The van der Waals surface area contributed by atoms with Gasteiger partial charge in [0.25, 0.3) is 0 Å². The molecule has 1 heterocycles. The van der Waals surface area contributed by atoms with E-state index in [2.05, 4.69) is 9.97 Å². The second kappa shape index (κ2) is 4.68. The molecule has 0 unspecified atom stereocenters. The van der Waals surface area contributed by atoms with Gasteiger partial charge in [-0.1, -0.05) is 0 Å². The molecule has 2 N–H and O–H groups in total. The number of anilines is 1. The van der Waals surface area contributed by atoms with Gasteiger partial charge in [0, 0.05) is 23.2 Å². The van der Waals surface area contributed by atoms with Gasteiger partial charge in [0.15, 0.2) is 5.82 Å². The highest BCUT2D eigenvalue weighted by Crippen LogP contribution is 2.41. The average molecular weight is 297 g/mol. The third-order valence-corrected chi connectivity index (χ3v) is 3.29. The van der Waals surface area contributed by atoms with E-state index in [1.165, 1.54) is 0 Å². The van der Waals surface area contributed by atoms with E-state index in [0.29, 0.717) is 11.8 Å². The number of nitrogens with two attached hydrogens (primary N) is 1. The van der Waals surface area contributed by atoms with Gasteiger partial charge < -0.3 is 5.73 Å². The minimum absolute atomic E-state index is 0.111. The molecule has 0 atom stereocenters. The second-order valence-corrected chi connectivity index (χ2v) is 5.00. The van der Waals surface area contributed by atoms with Crippen molar-refractivity contribution in [1.82, 2.24) is 9.97 Å². The number of rotatable bonds is 2. The van der Waals surface area contributed by atoms with Crippen LogP contribution in [-0.2, 0) is 6.18 Å². The highest BCUT2D eigenvalue weighted by molar-refractivity contribution is 5.63. The van der Waals surface area contributed by atoms with Crippen molar-refractivity contribution in [3.63, 3.8) is 0 Å². The van der Waals surface area contributed by atoms with Crippen LogP contribution in [0.2, 0.25) is 0 Å². The third-order valence-electron chi connectivity index (χ3n) is 3.29. The Kier molecular flexibility index (Phi) is 3.07. The van der Waals surface area contributed by atoms with Crippen LogP contribution < -0.4 is 5.73 Å². The van der Waals surface area contributed by atoms with E-state index in [1.807, 2.05) is 0 Å². The highest BCUT2D eigenvalue weighted by atomic mass is 19.4. The summed E-state index contributed by atoms with van der Waals surface area (Å²) in [7, 11) is 0. The van der Waals surface area contributed by atoms with E-state index in [0.717, 1.165) is 25.0 Å². The summed E-state index contributed by atoms with van der Waals surface area (Å²) in [5.41, 5.74) is 4.91. The summed E-state index contributed by atoms with van der Waals surface area (Å²) < 4.78 is 52.2. The number of hydrogen-bond donors (Lipinski definition) is 1. The van der Waals surface area contributed by atoms with Gasteiger partial charge in [-0.05, 0) is 31.0 Å². The molecule has 7 heteroatoms. The summed E-state index contributed by atoms with van der Waals surface area (Å²) in [6.07, 6.45) is -2.82. The molecule has 0 amide bonds. The molecule has 1 aromatic heterocycles. The number of nitrogen functional groups attached to an aromatic ring is 1. The molecule has 1 saturated carbocycles. The molecule has 21 heavy (non-hydrogen) atoms. The van der Waals surface area contributed by atoms with Crippen LogP contribution >= 0.6 is 0 Å². The molecule has 3 nitrogen and oxygen atoms in total. The molecule has 1 fully saturated rings. The number of halogens is 4. The topological polar surface area (TPSA) is 51.8 Å². The first-order valence-corrected chi connectivity index (χ1v) is 6.36. The fourth-order valence-electron chi connectivity index (χ4n) is 2.14. The first-order chi connectivity index (χ1) is 9.84. The predicted molar refractivity (Wildman–Crippen MR) is 68.8 cm³/mol. The molecule has 0 aliphatic heterocycles. The Bertz CT molecular complexity index is 693. The zero-order valence-electron chi connectivity index (χ0n) is 10.8. The van der Waals surface area contributed by atoms with E-state index in [1.54, 1.807) is 6.07 Å². The first-order valence-electron chi connectivity index (χ1n) is 6.36. The van der Waals surface area contributed by atoms with Crippen LogP contribution in [0.4, 0.5) is 23.4 Å². The van der Waals surface area contributed by atoms with Crippen LogP contribution in [0, 0.1) is 5.82 Å². The van der Waals surface area contributed by atoms with Crippen molar-refractivity contribution in [1.29, 1.82) is 0 Å². The molecule has 0 saturated heterocycles. The Morgan fingerprint density at radius 1 is 1.10 bits per heavy atom. The summed E-state index contributed by atoms with van der Waals surface area (Å²) in [5.74, 6) is -0.746. The van der Waals surface area contributed by atoms with Crippen molar-refractivity contribution in [2.24, 2.45) is 0 Å². The Morgan fingerprint density at radius 2 is 1.81 bits per heavy atom. The smallest absolute Gasteiger partial charge is 0.384 e. The molecular weight excluding hydrogens is 286 g/mol. The molecule has 0 spiro atoms. The minimum Gasteiger partial charge on any atom is -0.384 e. The second-order valence-electron chi connectivity index (χ2n) is 5.00. The summed E-state index contributed by atoms with van der Waals surface area (Å²) in [5, 5.41) is 0. The number of aromatic nitrogens is 2. The van der Waals surface area contributed by atoms with Gasteiger partial charge >= 0.3 is 6.18 Å². The van der Waals surface area contributed by atoms with E-state index in [4.69, 9.17) is 5.73 Å². The Hall–Kier alpha value is -2.18. The van der Waals surface area contributed by atoms with Crippen molar-refractivity contribution < 1.29 is 17.6 Å². The largest absolute Gasteiger partial charge is 0.417 e. The molecular formula is C14H11F4N3. The zero-order valence-corrected chi connectivity index (χ0v) is 10.8. The maximum Gasteiger partial charge on any atom is 0.417 e. The minimum atomic E-state index is -4.69. The van der Waals surface area contributed by atoms with Crippen LogP contribution in [0.1, 0.15) is 30.0 Å². The fourth-order valence-corrected chi connectivity index (χ4v) is 2.14. The molecule has 1 aliphatic rings. The Balaban J connectivity index is 2.16. The van der Waals surface area contributed by atoms with Crippen LogP contribution in [0.3, 0.4) is 0 Å². The summed E-state index contributed by atoms with van der Waals surface area (Å²) in [6.45, 7) is 0. The first kappa shape index (κ1) is 13.8. The lowest BCUT2D eigenvalue weighted by Gasteiger charge is -2.13. The lowest BCUT2D eigenvalue weighted by atomic mass is 10.1. The predicted octanol–water partition coefficient (Wildman–Crippen LogP) is 3.76. The molecule has 110 valence electrons. The normalized spacial score (nSPS) is 15.2. The molecule has 0 radical (unpaired) electrons. The lowest BCUT2D eigenvalue weighted by molar-refractivity contribution is -0.137. The quantitative estimate of drug-likeness (QED) is 0.859. The number of nitrogens with zero attached hydrogens (tertiary/aromatic N) is 2. The van der Waals surface area contributed by atoms with Gasteiger partial charge in [0.1, 0.15) is 11.6 Å². The SMILES string of the molecule is Nc1cc(C2CC2)nc(-c2ccc(F)cc2C(F)(F)F)n1. The van der Waals surface area contributed by atoms with Crippen molar-refractivity contribution in [2.45, 2.75) is 24.9 Å². The summed E-state index contributed by atoms with van der Waals surface area (Å²) in [4.78, 5) is 8.02. The van der Waals surface area contributed by atoms with E-state index in [-0.39, 0.29) is 23.1 Å². The van der Waals surface area contributed by atoms with Gasteiger partial charge in [0.05, 0.1) is 5.56 Å². The van der Waals surface area contributed by atoms with Gasteiger partial charge in [-0.2, -0.15) is 13.2 Å². The van der Waals surface area contributed by atoms with Gasteiger partial charge in [-0.3, -0.25) is 0 Å². The fraction of sp³-hybridized carbons (Fsp3) is 0.286. The molecule has 3 rings (SSSR count). The number of hydrogen-bond acceptors (Lipinski definition) is 3. The van der Waals surface area contributed by atoms with Gasteiger partial charge in [0.2, 0.25) is 0 Å². The van der Waals surface area contributed by atoms with E-state index in [9.17, 15) is 17.6 Å². The maximum absolute atomic E-state index is 13.1. The van der Waals surface area contributed by atoms with Gasteiger partial charge in [-0.25, -0.2) is 14.4 Å². The summed E-state index contributed by atoms with van der Waals surface area (Å²) >= 11 is 0. The third kappa shape index (κ3) is 2.81. The maximum atomic E-state index is 13.1. The van der Waals surface area contributed by atoms with Crippen molar-refractivity contribution in [3.8, 4) is 11.4 Å². The molecule has 2 aromatic rings. The van der Waals surface area contributed by atoms with Crippen LogP contribution in [0.5, 0.6) is 0 Å². The monoisotopic (exact) mass is 297 g/mol. The van der Waals surface area contributed by atoms with Crippen molar-refractivity contribution >= 4 is 5.82 Å². The molecule has 0 bridgehead atoms. The van der Waals surface area contributed by atoms with E-state index < -0.39 is 17.6 Å². The number of benzene rings is 1. The van der Waals surface area contributed by atoms with Crippen LogP contribution in [0.15, 0.2) is 24.3 Å². The highest BCUT2D eigenvalue weighted by Gasteiger charge is 2.35. The molecule has 1 aromatic carbocycles. The Morgan fingerprint density at radius 3 is 2.43 bits per heavy atom. The average Bonchev–Trinajstić information content (AvgIpc) is 3.21. The summed E-state index contributed by atoms with van der Waals surface area (Å²) in [6, 6.07) is 3.99. The van der Waals surface area contributed by atoms with Crippen molar-refractivity contribution in [2.75, 3.05) is 5.73 Å². The Labute approximate surface area is 117 Å². The lowest BCUT2D eigenvalue weighted by Crippen LogP contribution is -2.10. The standard InChI is InChI=1S/C14H11F4N3/c15-8-3-4-9(10(5-8)14(16,17)18)13-20-11(7-1-2-7)6-12(19)21-13/h3-7H,1-2H2,(H2,19,20,21). The van der Waals surface area contributed by atoms with Crippen LogP contribution in [-0.4, -0.2) is 9.97 Å². The van der Waals surface area contributed by atoms with Gasteiger partial charge in [-0.15, -0.1) is 0 Å². The molecule has 1 aliphatic carbocycles. The van der Waals surface area contributed by atoms with E-state index >= 15 is 0 Å². The zero-order chi connectivity index (χ0) is 15.2.